The van der Waals surface area contributed by atoms with Crippen molar-refractivity contribution in [1.82, 2.24) is 15.4 Å². The van der Waals surface area contributed by atoms with Gasteiger partial charge in [-0.05, 0) is 54.3 Å². The number of pyridine rings is 2. The number of carbonyl (C=O) groups is 1. The number of hydrogen-bond acceptors (Lipinski definition) is 6. The third kappa shape index (κ3) is 5.72. The summed E-state index contributed by atoms with van der Waals surface area (Å²) in [7, 11) is 0. The number of benzene rings is 1. The molecule has 3 heterocycles. The van der Waals surface area contributed by atoms with Crippen LogP contribution in [0.15, 0.2) is 54.9 Å². The standard InChI is InChI=1S/C23H23ClFN5O2/c24-17-3-1-15(2-4-17)13-21(31)29-30-23-22(25)19(6-10-27-23)16-5-9-26-20(14-16)28-18-7-11-32-12-8-18/h1-6,9-10,14,18H,7-8,11-13H2,(H,26,28)(H,27,30)(H,29,31). The zero-order chi connectivity index (χ0) is 22.3. The Morgan fingerprint density at radius 2 is 1.84 bits per heavy atom. The molecule has 0 saturated carbocycles. The lowest BCUT2D eigenvalue weighted by atomic mass is 10.1. The molecule has 1 aliphatic rings. The first-order chi connectivity index (χ1) is 15.6. The fourth-order valence-electron chi connectivity index (χ4n) is 3.44. The molecule has 0 radical (unpaired) electrons. The van der Waals surface area contributed by atoms with Crippen LogP contribution in [0.3, 0.4) is 0 Å². The van der Waals surface area contributed by atoms with Crippen LogP contribution in [0.5, 0.6) is 0 Å². The summed E-state index contributed by atoms with van der Waals surface area (Å²) in [6.07, 6.45) is 5.05. The summed E-state index contributed by atoms with van der Waals surface area (Å²) in [6.45, 7) is 1.43. The van der Waals surface area contributed by atoms with E-state index in [0.29, 0.717) is 22.0 Å². The highest BCUT2D eigenvalue weighted by Crippen LogP contribution is 2.27. The molecule has 7 nitrogen and oxygen atoms in total. The second-order valence-corrected chi connectivity index (χ2v) is 7.89. The minimum atomic E-state index is -0.567. The van der Waals surface area contributed by atoms with Gasteiger partial charge in [0.15, 0.2) is 11.6 Å². The molecule has 1 aromatic carbocycles. The summed E-state index contributed by atoms with van der Waals surface area (Å²) < 4.78 is 20.5. The number of hydrazine groups is 1. The van der Waals surface area contributed by atoms with Crippen molar-refractivity contribution in [2.75, 3.05) is 24.0 Å². The molecule has 1 aliphatic heterocycles. The molecular formula is C23H23ClFN5O2. The van der Waals surface area contributed by atoms with Gasteiger partial charge >= 0.3 is 0 Å². The van der Waals surface area contributed by atoms with E-state index in [1.165, 1.54) is 6.20 Å². The zero-order valence-corrected chi connectivity index (χ0v) is 18.0. The fraction of sp³-hybridized carbons (Fsp3) is 0.261. The smallest absolute Gasteiger partial charge is 0.242 e. The Kier molecular flexibility index (Phi) is 7.14. The van der Waals surface area contributed by atoms with Crippen LogP contribution in [0.25, 0.3) is 11.1 Å². The van der Waals surface area contributed by atoms with Gasteiger partial charge in [-0.25, -0.2) is 14.4 Å². The average Bonchev–Trinajstić information content (AvgIpc) is 2.81. The van der Waals surface area contributed by atoms with Crippen LogP contribution in [-0.2, 0) is 16.0 Å². The van der Waals surface area contributed by atoms with Gasteiger partial charge in [-0.15, -0.1) is 0 Å². The normalized spacial score (nSPS) is 14.1. The highest BCUT2D eigenvalue weighted by Gasteiger charge is 2.16. The van der Waals surface area contributed by atoms with Gasteiger partial charge in [0.25, 0.3) is 0 Å². The van der Waals surface area contributed by atoms with Crippen molar-refractivity contribution in [2.24, 2.45) is 0 Å². The number of ether oxygens (including phenoxy) is 1. The number of anilines is 2. The summed E-state index contributed by atoms with van der Waals surface area (Å²) >= 11 is 5.85. The maximum absolute atomic E-state index is 15.1. The molecule has 0 bridgehead atoms. The number of halogens is 2. The maximum atomic E-state index is 15.1. The fourth-order valence-corrected chi connectivity index (χ4v) is 3.57. The molecule has 166 valence electrons. The van der Waals surface area contributed by atoms with E-state index in [9.17, 15) is 4.79 Å². The highest BCUT2D eigenvalue weighted by atomic mass is 35.5. The van der Waals surface area contributed by atoms with Gasteiger partial charge in [0, 0.05) is 42.2 Å². The lowest BCUT2D eigenvalue weighted by Gasteiger charge is -2.23. The Morgan fingerprint density at radius 3 is 2.62 bits per heavy atom. The number of amides is 1. The molecule has 0 atom stereocenters. The van der Waals surface area contributed by atoms with E-state index < -0.39 is 5.82 Å². The van der Waals surface area contributed by atoms with Gasteiger partial charge in [-0.3, -0.25) is 15.6 Å². The Morgan fingerprint density at radius 1 is 1.09 bits per heavy atom. The van der Waals surface area contributed by atoms with Crippen molar-refractivity contribution in [1.29, 1.82) is 0 Å². The highest BCUT2D eigenvalue weighted by molar-refractivity contribution is 6.30. The van der Waals surface area contributed by atoms with Crippen LogP contribution in [0, 0.1) is 5.82 Å². The molecule has 1 saturated heterocycles. The molecule has 1 fully saturated rings. The average molecular weight is 456 g/mol. The first-order valence-electron chi connectivity index (χ1n) is 10.3. The SMILES string of the molecule is O=C(Cc1ccc(Cl)cc1)NNc1nccc(-c2ccnc(NC3CCOCC3)c2)c1F. The predicted molar refractivity (Wildman–Crippen MR) is 122 cm³/mol. The minimum Gasteiger partial charge on any atom is -0.381 e. The molecular weight excluding hydrogens is 433 g/mol. The Hall–Kier alpha value is -3.23. The van der Waals surface area contributed by atoms with Crippen molar-refractivity contribution >= 4 is 29.1 Å². The van der Waals surface area contributed by atoms with Crippen LogP contribution in [-0.4, -0.2) is 35.1 Å². The van der Waals surface area contributed by atoms with Gasteiger partial charge < -0.3 is 10.1 Å². The molecule has 4 rings (SSSR count). The lowest BCUT2D eigenvalue weighted by Crippen LogP contribution is -2.31. The summed E-state index contributed by atoms with van der Waals surface area (Å²) in [5, 5.41) is 3.98. The molecule has 9 heteroatoms. The predicted octanol–water partition coefficient (Wildman–Crippen LogP) is 4.21. The largest absolute Gasteiger partial charge is 0.381 e. The number of hydrogen-bond donors (Lipinski definition) is 3. The van der Waals surface area contributed by atoms with Crippen LogP contribution >= 0.6 is 11.6 Å². The number of carbonyl (C=O) groups excluding carboxylic acids is 1. The van der Waals surface area contributed by atoms with Crippen molar-refractivity contribution in [3.63, 3.8) is 0 Å². The zero-order valence-electron chi connectivity index (χ0n) is 17.3. The molecule has 0 aliphatic carbocycles. The quantitative estimate of drug-likeness (QED) is 0.462. The van der Waals surface area contributed by atoms with Crippen LogP contribution in [0.4, 0.5) is 16.0 Å². The molecule has 1 amide bonds. The van der Waals surface area contributed by atoms with Gasteiger partial charge in [0.05, 0.1) is 6.42 Å². The van der Waals surface area contributed by atoms with Gasteiger partial charge in [0.2, 0.25) is 5.91 Å². The van der Waals surface area contributed by atoms with Crippen LogP contribution in [0.2, 0.25) is 5.02 Å². The molecule has 3 N–H and O–H groups in total. The number of nitrogens with one attached hydrogen (secondary N) is 3. The molecule has 0 spiro atoms. The van der Waals surface area contributed by atoms with E-state index in [-0.39, 0.29) is 24.2 Å². The Labute approximate surface area is 190 Å². The van der Waals surface area contributed by atoms with Crippen molar-refractivity contribution in [3.05, 3.63) is 71.3 Å². The summed E-state index contributed by atoms with van der Waals surface area (Å²) in [6, 6.07) is 12.3. The third-order valence-corrected chi connectivity index (χ3v) is 5.38. The second-order valence-electron chi connectivity index (χ2n) is 7.46. The van der Waals surface area contributed by atoms with Gasteiger partial charge in [-0.2, -0.15) is 0 Å². The van der Waals surface area contributed by atoms with E-state index in [1.54, 1.807) is 48.7 Å². The lowest BCUT2D eigenvalue weighted by molar-refractivity contribution is -0.119. The molecule has 2 aromatic heterocycles. The van der Waals surface area contributed by atoms with Gasteiger partial charge in [-0.1, -0.05) is 23.7 Å². The number of aromatic nitrogens is 2. The first-order valence-corrected chi connectivity index (χ1v) is 10.7. The molecule has 3 aromatic rings. The van der Waals surface area contributed by atoms with E-state index in [1.807, 2.05) is 0 Å². The van der Waals surface area contributed by atoms with Crippen molar-refractivity contribution < 1.29 is 13.9 Å². The van der Waals surface area contributed by atoms with E-state index in [0.717, 1.165) is 31.6 Å². The first kappa shape index (κ1) is 22.0. The Bertz CT molecular complexity index is 1070. The van der Waals surface area contributed by atoms with Crippen molar-refractivity contribution in [2.45, 2.75) is 25.3 Å². The maximum Gasteiger partial charge on any atom is 0.242 e. The number of rotatable bonds is 7. The number of nitrogens with zero attached hydrogens (tertiary/aromatic N) is 2. The van der Waals surface area contributed by atoms with E-state index in [4.69, 9.17) is 16.3 Å². The van der Waals surface area contributed by atoms with Crippen molar-refractivity contribution in [3.8, 4) is 11.1 Å². The molecule has 0 unspecified atom stereocenters. The minimum absolute atomic E-state index is 0.0669. The molecule has 32 heavy (non-hydrogen) atoms. The van der Waals surface area contributed by atoms with Crippen LogP contribution < -0.4 is 16.2 Å². The topological polar surface area (TPSA) is 88.2 Å². The van der Waals surface area contributed by atoms with E-state index >= 15 is 4.39 Å². The van der Waals surface area contributed by atoms with Gasteiger partial charge in [0.1, 0.15) is 5.82 Å². The monoisotopic (exact) mass is 455 g/mol. The second kappa shape index (κ2) is 10.4. The third-order valence-electron chi connectivity index (χ3n) is 5.13. The van der Waals surface area contributed by atoms with E-state index in [2.05, 4.69) is 26.1 Å². The van der Waals surface area contributed by atoms with Crippen LogP contribution in [0.1, 0.15) is 18.4 Å². The Balaban J connectivity index is 1.42. The summed E-state index contributed by atoms with van der Waals surface area (Å²) in [5.74, 6) is -0.285. The summed E-state index contributed by atoms with van der Waals surface area (Å²) in [4.78, 5) is 20.5. The summed E-state index contributed by atoms with van der Waals surface area (Å²) in [5.41, 5.74) is 6.86.